The van der Waals surface area contributed by atoms with E-state index >= 15 is 0 Å². The van der Waals surface area contributed by atoms with E-state index in [0.717, 1.165) is 30.6 Å². The predicted octanol–water partition coefficient (Wildman–Crippen LogP) is 6.10. The molecule has 1 heterocycles. The normalized spacial score (nSPS) is 38.4. The third kappa shape index (κ3) is 3.74. The molecular formula is C26H33Cl2N3O2. The molecule has 5 nitrogen and oxygen atoms in total. The summed E-state index contributed by atoms with van der Waals surface area (Å²) in [6, 6.07) is 4.88. The number of amides is 3. The lowest BCUT2D eigenvalue weighted by Crippen LogP contribution is -2.49. The van der Waals surface area contributed by atoms with Gasteiger partial charge in [-0.3, -0.25) is 4.79 Å². The van der Waals surface area contributed by atoms with Gasteiger partial charge >= 0.3 is 6.03 Å². The van der Waals surface area contributed by atoms with E-state index in [1.807, 2.05) is 4.90 Å². The first-order valence-corrected chi connectivity index (χ1v) is 13.4. The van der Waals surface area contributed by atoms with Gasteiger partial charge in [0, 0.05) is 30.1 Å². The summed E-state index contributed by atoms with van der Waals surface area (Å²) >= 11 is 12.2. The van der Waals surface area contributed by atoms with Crippen molar-refractivity contribution in [2.24, 2.45) is 29.1 Å². The van der Waals surface area contributed by atoms with Crippen LogP contribution in [0.3, 0.4) is 0 Å². The lowest BCUT2D eigenvalue weighted by molar-refractivity contribution is -0.124. The molecule has 3 amide bonds. The van der Waals surface area contributed by atoms with Crippen LogP contribution in [0.2, 0.25) is 10.0 Å². The molecule has 6 unspecified atom stereocenters. The second-order valence-corrected chi connectivity index (χ2v) is 12.4. The fourth-order valence-corrected chi connectivity index (χ4v) is 8.96. The van der Waals surface area contributed by atoms with Gasteiger partial charge in [0.2, 0.25) is 5.91 Å². The maximum Gasteiger partial charge on any atom is 0.321 e. The number of urea groups is 1. The fourth-order valence-electron chi connectivity index (χ4n) is 8.50. The van der Waals surface area contributed by atoms with Crippen molar-refractivity contribution >= 4 is 40.8 Å². The van der Waals surface area contributed by atoms with E-state index in [9.17, 15) is 9.59 Å². The molecule has 5 aliphatic carbocycles. The van der Waals surface area contributed by atoms with E-state index in [0.29, 0.717) is 40.7 Å². The molecular weight excluding hydrogens is 457 g/mol. The summed E-state index contributed by atoms with van der Waals surface area (Å²) in [5, 5.41) is 7.41. The molecule has 1 aromatic carbocycles. The molecule has 5 saturated carbocycles. The van der Waals surface area contributed by atoms with E-state index in [1.54, 1.807) is 18.2 Å². The minimum atomic E-state index is -0.166. The Labute approximate surface area is 205 Å². The molecule has 6 aliphatic rings. The summed E-state index contributed by atoms with van der Waals surface area (Å²) in [6.07, 6.45) is 11.5. The summed E-state index contributed by atoms with van der Waals surface area (Å²) in [6.45, 7) is 1.31. The number of likely N-dealkylation sites (tertiary alicyclic amines) is 1. The number of benzene rings is 1. The molecule has 0 radical (unpaired) electrons. The van der Waals surface area contributed by atoms with Gasteiger partial charge in [-0.1, -0.05) is 23.2 Å². The van der Waals surface area contributed by atoms with E-state index < -0.39 is 0 Å². The second-order valence-electron chi connectivity index (χ2n) is 11.5. The standard InChI is InChI=1S/C26H33Cl2N3O2/c27-19-4-6-22(21(28)11-19)29-24(33)31-9-1-2-16(14-31)10-23(32)30-25-8-7-17-12-26(15-25)18(13-25)3-5-20(17)26/h4,6,11,16-18,20H,1-3,5,7-10,12-15H2,(H,29,33)(H,30,32). The van der Waals surface area contributed by atoms with Crippen LogP contribution in [0.5, 0.6) is 0 Å². The average Bonchev–Trinajstić information content (AvgIpc) is 3.10. The average molecular weight is 490 g/mol. The van der Waals surface area contributed by atoms with Crippen molar-refractivity contribution in [2.75, 3.05) is 18.4 Å². The Morgan fingerprint density at radius 2 is 2.00 bits per heavy atom. The Hall–Kier alpha value is -1.46. The van der Waals surface area contributed by atoms with Crippen LogP contribution in [0, 0.1) is 29.1 Å². The zero-order valence-corrected chi connectivity index (χ0v) is 20.6. The topological polar surface area (TPSA) is 61.4 Å². The lowest BCUT2D eigenvalue weighted by Gasteiger charge is -2.51. The summed E-state index contributed by atoms with van der Waals surface area (Å²) in [5.41, 5.74) is 1.17. The molecule has 2 N–H and O–H groups in total. The molecule has 6 fully saturated rings. The molecule has 7 heteroatoms. The Kier molecular flexibility index (Phi) is 5.37. The number of hydrogen-bond acceptors (Lipinski definition) is 2. The van der Waals surface area contributed by atoms with Crippen molar-refractivity contribution in [3.63, 3.8) is 0 Å². The maximum atomic E-state index is 13.2. The first-order valence-electron chi connectivity index (χ1n) is 12.7. The maximum absolute atomic E-state index is 13.2. The van der Waals surface area contributed by atoms with Crippen molar-refractivity contribution in [2.45, 2.75) is 69.7 Å². The smallest absolute Gasteiger partial charge is 0.321 e. The number of halogens is 2. The van der Waals surface area contributed by atoms with Gasteiger partial charge in [0.1, 0.15) is 0 Å². The van der Waals surface area contributed by atoms with Gasteiger partial charge in [-0.15, -0.1) is 0 Å². The largest absolute Gasteiger partial charge is 0.351 e. The molecule has 3 bridgehead atoms. The third-order valence-corrected chi connectivity index (χ3v) is 10.3. The predicted molar refractivity (Wildman–Crippen MR) is 130 cm³/mol. The lowest BCUT2D eigenvalue weighted by atomic mass is 9.53. The van der Waals surface area contributed by atoms with Crippen LogP contribution in [0.15, 0.2) is 18.2 Å². The van der Waals surface area contributed by atoms with Crippen LogP contribution in [0.4, 0.5) is 10.5 Å². The van der Waals surface area contributed by atoms with E-state index in [2.05, 4.69) is 10.6 Å². The number of nitrogens with zero attached hydrogens (tertiary/aromatic N) is 1. The van der Waals surface area contributed by atoms with Crippen LogP contribution in [-0.4, -0.2) is 35.5 Å². The molecule has 6 atom stereocenters. The van der Waals surface area contributed by atoms with E-state index in [4.69, 9.17) is 23.2 Å². The van der Waals surface area contributed by atoms with Gasteiger partial charge in [-0.25, -0.2) is 4.79 Å². The minimum Gasteiger partial charge on any atom is -0.351 e. The fraction of sp³-hybridized carbons (Fsp3) is 0.692. The van der Waals surface area contributed by atoms with Gasteiger partial charge in [0.05, 0.1) is 10.7 Å². The molecule has 0 aromatic heterocycles. The Morgan fingerprint density at radius 3 is 2.85 bits per heavy atom. The number of rotatable bonds is 4. The monoisotopic (exact) mass is 489 g/mol. The third-order valence-electron chi connectivity index (χ3n) is 9.74. The summed E-state index contributed by atoms with van der Waals surface area (Å²) in [4.78, 5) is 27.8. The Balaban J connectivity index is 1.05. The number of piperidine rings is 1. The van der Waals surface area contributed by atoms with Crippen molar-refractivity contribution in [1.29, 1.82) is 0 Å². The molecule has 178 valence electrons. The van der Waals surface area contributed by atoms with Crippen LogP contribution < -0.4 is 10.6 Å². The first-order chi connectivity index (χ1) is 15.9. The first kappa shape index (κ1) is 22.0. The number of carbonyl (C=O) groups excluding carboxylic acids is 2. The van der Waals surface area contributed by atoms with Crippen molar-refractivity contribution in [3.05, 3.63) is 28.2 Å². The van der Waals surface area contributed by atoms with Crippen LogP contribution >= 0.6 is 23.2 Å². The molecule has 1 aromatic rings. The van der Waals surface area contributed by atoms with Gasteiger partial charge in [-0.2, -0.15) is 0 Å². The highest BCUT2D eigenvalue weighted by molar-refractivity contribution is 6.36. The number of anilines is 1. The summed E-state index contributed by atoms with van der Waals surface area (Å²) in [5.74, 6) is 3.10. The Morgan fingerprint density at radius 1 is 1.12 bits per heavy atom. The van der Waals surface area contributed by atoms with Gasteiger partial charge in [0.15, 0.2) is 0 Å². The van der Waals surface area contributed by atoms with E-state index in [-0.39, 0.29) is 23.4 Å². The number of hydrogen-bond donors (Lipinski definition) is 2. The number of nitrogens with one attached hydrogen (secondary N) is 2. The van der Waals surface area contributed by atoms with Gasteiger partial charge < -0.3 is 15.5 Å². The van der Waals surface area contributed by atoms with Crippen LogP contribution in [-0.2, 0) is 4.79 Å². The van der Waals surface area contributed by atoms with Crippen molar-refractivity contribution in [3.8, 4) is 0 Å². The molecule has 1 spiro atoms. The number of fused-ring (bicyclic) bond motifs is 1. The zero-order valence-electron chi connectivity index (χ0n) is 19.0. The van der Waals surface area contributed by atoms with Gasteiger partial charge in [-0.05, 0) is 105 Å². The highest BCUT2D eigenvalue weighted by Crippen LogP contribution is 2.75. The molecule has 1 saturated heterocycles. The van der Waals surface area contributed by atoms with Gasteiger partial charge in [0.25, 0.3) is 0 Å². The van der Waals surface area contributed by atoms with Crippen LogP contribution in [0.1, 0.15) is 64.2 Å². The highest BCUT2D eigenvalue weighted by atomic mass is 35.5. The van der Waals surface area contributed by atoms with Crippen LogP contribution in [0.25, 0.3) is 0 Å². The highest BCUT2D eigenvalue weighted by Gasteiger charge is 2.69. The molecule has 1 aliphatic heterocycles. The molecule has 7 rings (SSSR count). The number of carbonyl (C=O) groups is 2. The molecule has 33 heavy (non-hydrogen) atoms. The van der Waals surface area contributed by atoms with Crippen molar-refractivity contribution in [1.82, 2.24) is 10.2 Å². The summed E-state index contributed by atoms with van der Waals surface area (Å²) in [7, 11) is 0. The zero-order chi connectivity index (χ0) is 22.8. The Bertz CT molecular complexity index is 986. The quantitative estimate of drug-likeness (QED) is 0.536. The SMILES string of the molecule is O=C(CC1CCCN(C(=O)Nc2ccc(Cl)cc2Cl)C1)NC12CCC3CC4(C1)C(CCC34)C2. The van der Waals surface area contributed by atoms with Crippen molar-refractivity contribution < 1.29 is 9.59 Å². The minimum absolute atomic E-state index is 0.0444. The van der Waals surface area contributed by atoms with E-state index in [1.165, 1.54) is 44.9 Å². The summed E-state index contributed by atoms with van der Waals surface area (Å²) < 4.78 is 0. The second kappa shape index (κ2) is 8.05.